The van der Waals surface area contributed by atoms with Crippen molar-refractivity contribution < 1.29 is 57.1 Å². The number of amides is 1. The van der Waals surface area contributed by atoms with Crippen molar-refractivity contribution in [3.63, 3.8) is 0 Å². The fraction of sp³-hybridized carbons (Fsp3) is 0.548. The van der Waals surface area contributed by atoms with Crippen LogP contribution in [-0.2, 0) is 33.3 Å². The summed E-state index contributed by atoms with van der Waals surface area (Å²) in [5, 5.41) is 0. The van der Waals surface area contributed by atoms with Crippen molar-refractivity contribution in [1.82, 2.24) is 9.47 Å². The van der Waals surface area contributed by atoms with Crippen molar-refractivity contribution in [2.75, 3.05) is 81.7 Å². The van der Waals surface area contributed by atoms with Crippen molar-refractivity contribution >= 4 is 23.8 Å². The van der Waals surface area contributed by atoms with Crippen LogP contribution in [0.5, 0.6) is 17.2 Å². The molecule has 2 aromatic rings. The molecule has 3 aliphatic rings. The lowest BCUT2D eigenvalue weighted by atomic mass is 9.53. The SMILES string of the molecule is CCOC(=O)c1c2c(c(C(=O)N(C)C)n1-c1ccc(OC)cc1)OC(=O)C1(COCCOC)CC(COCCOC)(C1)C(=O)O2. The second-order valence-corrected chi connectivity index (χ2v) is 11.1. The summed E-state index contributed by atoms with van der Waals surface area (Å²) in [6, 6.07) is 6.46. The van der Waals surface area contributed by atoms with Gasteiger partial charge in [-0.15, -0.1) is 0 Å². The predicted octanol–water partition coefficient (Wildman–Crippen LogP) is 2.28. The first-order chi connectivity index (χ1) is 21.6. The normalized spacial score (nSPS) is 20.5. The molecule has 246 valence electrons. The molecular formula is C31H40N2O12. The van der Waals surface area contributed by atoms with Crippen LogP contribution >= 0.6 is 0 Å². The van der Waals surface area contributed by atoms with Gasteiger partial charge in [-0.3, -0.25) is 19.0 Å². The molecule has 0 spiro atoms. The van der Waals surface area contributed by atoms with Crippen molar-refractivity contribution in [2.24, 2.45) is 10.8 Å². The average molecular weight is 633 g/mol. The Bertz CT molecular complexity index is 1390. The Morgan fingerprint density at radius 1 is 0.822 bits per heavy atom. The molecule has 14 nitrogen and oxygen atoms in total. The molecule has 1 fully saturated rings. The molecule has 45 heavy (non-hydrogen) atoms. The Kier molecular flexibility index (Phi) is 10.9. The number of ether oxygens (including phenoxy) is 8. The first-order valence-electron chi connectivity index (χ1n) is 14.5. The summed E-state index contributed by atoms with van der Waals surface area (Å²) >= 11 is 0. The Morgan fingerprint density at radius 3 is 1.78 bits per heavy atom. The number of fused-ring (bicyclic) bond motifs is 2. The average Bonchev–Trinajstić information content (AvgIpc) is 3.33. The van der Waals surface area contributed by atoms with E-state index in [1.54, 1.807) is 31.2 Å². The van der Waals surface area contributed by atoms with Crippen LogP contribution in [0.25, 0.3) is 5.69 Å². The van der Waals surface area contributed by atoms with Crippen LogP contribution in [-0.4, -0.2) is 115 Å². The molecule has 1 aromatic heterocycles. The van der Waals surface area contributed by atoms with E-state index < -0.39 is 40.4 Å². The van der Waals surface area contributed by atoms with Crippen LogP contribution in [0.4, 0.5) is 0 Å². The van der Waals surface area contributed by atoms with Crippen molar-refractivity contribution in [3.8, 4) is 22.9 Å². The molecule has 2 bridgehead atoms. The number of benzene rings is 1. The summed E-state index contributed by atoms with van der Waals surface area (Å²) in [4.78, 5) is 56.8. The highest BCUT2D eigenvalue weighted by molar-refractivity contribution is 6.05. The first kappa shape index (κ1) is 33.9. The minimum absolute atomic E-state index is 0.00785. The molecule has 0 radical (unpaired) electrons. The predicted molar refractivity (Wildman–Crippen MR) is 157 cm³/mol. The standard InChI is InChI=1S/C31H40N2O12/c1-7-43-27(35)23-25-24(22(26(34)32(2)3)33(23)20-8-10-21(40-6)11-9-20)44-28(36)30(18-41-14-12-38-4)16-31(17-30,29(37)45-25)19-42-15-13-39-5/h8-11H,7,12-19H2,1-6H3. The van der Waals surface area contributed by atoms with Gasteiger partial charge in [0.05, 0.1) is 64.2 Å². The first-order valence-corrected chi connectivity index (χ1v) is 14.5. The lowest BCUT2D eigenvalue weighted by molar-refractivity contribution is -0.190. The monoisotopic (exact) mass is 632 g/mol. The van der Waals surface area contributed by atoms with Gasteiger partial charge >= 0.3 is 17.9 Å². The molecule has 0 unspecified atom stereocenters. The number of hydrogen-bond donors (Lipinski definition) is 0. The Labute approximate surface area is 261 Å². The van der Waals surface area contributed by atoms with E-state index in [1.807, 2.05) is 0 Å². The summed E-state index contributed by atoms with van der Waals surface area (Å²) < 4.78 is 45.5. The van der Waals surface area contributed by atoms with E-state index in [0.717, 1.165) is 0 Å². The van der Waals surface area contributed by atoms with E-state index in [9.17, 15) is 19.2 Å². The Balaban J connectivity index is 1.94. The quantitative estimate of drug-likeness (QED) is 0.209. The number of hydrogen-bond acceptors (Lipinski definition) is 12. The van der Waals surface area contributed by atoms with E-state index in [2.05, 4.69) is 0 Å². The summed E-state index contributed by atoms with van der Waals surface area (Å²) in [7, 11) is 7.55. The Morgan fingerprint density at radius 2 is 1.33 bits per heavy atom. The second kappa shape index (κ2) is 14.4. The van der Waals surface area contributed by atoms with Crippen molar-refractivity contribution in [2.45, 2.75) is 19.8 Å². The van der Waals surface area contributed by atoms with Gasteiger partial charge < -0.3 is 42.8 Å². The molecule has 0 saturated heterocycles. The van der Waals surface area contributed by atoms with Crippen molar-refractivity contribution in [1.29, 1.82) is 0 Å². The highest BCUT2D eigenvalue weighted by Crippen LogP contribution is 2.58. The zero-order valence-corrected chi connectivity index (χ0v) is 26.5. The van der Waals surface area contributed by atoms with Crippen LogP contribution in [0.2, 0.25) is 0 Å². The maximum atomic E-state index is 14.1. The number of aromatic nitrogens is 1. The smallest absolute Gasteiger partial charge is 0.359 e. The van der Waals surface area contributed by atoms with E-state index in [1.165, 1.54) is 44.9 Å². The molecule has 1 aromatic carbocycles. The number of methoxy groups -OCH3 is 3. The lowest BCUT2D eigenvalue weighted by Crippen LogP contribution is -2.60. The highest BCUT2D eigenvalue weighted by atomic mass is 16.6. The second-order valence-electron chi connectivity index (χ2n) is 11.1. The third-order valence-electron chi connectivity index (χ3n) is 7.72. The molecule has 1 aliphatic carbocycles. The maximum Gasteiger partial charge on any atom is 0.359 e. The highest BCUT2D eigenvalue weighted by Gasteiger charge is 2.66. The van der Waals surface area contributed by atoms with Gasteiger partial charge in [-0.25, -0.2) is 4.79 Å². The van der Waals surface area contributed by atoms with Crippen molar-refractivity contribution in [3.05, 3.63) is 35.7 Å². The molecule has 0 N–H and O–H groups in total. The number of rotatable bonds is 15. The fourth-order valence-corrected chi connectivity index (χ4v) is 5.57. The van der Waals surface area contributed by atoms with Crippen LogP contribution in [0.3, 0.4) is 0 Å². The number of carbonyl (C=O) groups excluding carboxylic acids is 4. The molecule has 5 rings (SSSR count). The van der Waals surface area contributed by atoms with Gasteiger partial charge in [0, 0.05) is 34.0 Å². The molecule has 14 heteroatoms. The van der Waals surface area contributed by atoms with Gasteiger partial charge in [-0.2, -0.15) is 0 Å². The third kappa shape index (κ3) is 6.69. The van der Waals surface area contributed by atoms with Crippen LogP contribution in [0, 0.1) is 10.8 Å². The van der Waals surface area contributed by atoms with Crippen LogP contribution in [0.15, 0.2) is 24.3 Å². The van der Waals surface area contributed by atoms with E-state index >= 15 is 0 Å². The van der Waals surface area contributed by atoms with E-state index in [0.29, 0.717) is 11.4 Å². The number of nitrogens with zero attached hydrogens (tertiary/aromatic N) is 2. The van der Waals surface area contributed by atoms with Gasteiger partial charge in [0.1, 0.15) is 5.75 Å². The topological polar surface area (TPSA) is 150 Å². The van der Waals surface area contributed by atoms with Gasteiger partial charge in [-0.05, 0) is 44.0 Å². The summed E-state index contributed by atoms with van der Waals surface area (Å²) in [5.74, 6) is -3.31. The summed E-state index contributed by atoms with van der Waals surface area (Å²) in [6.45, 7) is 2.39. The zero-order valence-electron chi connectivity index (χ0n) is 26.5. The molecule has 1 saturated carbocycles. The molecule has 1 amide bonds. The molecule has 0 atom stereocenters. The zero-order chi connectivity index (χ0) is 32.8. The largest absolute Gasteiger partial charge is 0.497 e. The van der Waals surface area contributed by atoms with Gasteiger partial charge in [0.15, 0.2) is 11.4 Å². The summed E-state index contributed by atoms with van der Waals surface area (Å²) in [5.41, 5.74) is -2.75. The summed E-state index contributed by atoms with van der Waals surface area (Å²) in [6.07, 6.45) is -0.0157. The minimum atomic E-state index is -1.28. The van der Waals surface area contributed by atoms with Gasteiger partial charge in [-0.1, -0.05) is 0 Å². The maximum absolute atomic E-state index is 14.1. The third-order valence-corrected chi connectivity index (χ3v) is 7.72. The van der Waals surface area contributed by atoms with Gasteiger partial charge in [0.2, 0.25) is 11.5 Å². The molecule has 2 aliphatic heterocycles. The molecular weight excluding hydrogens is 592 g/mol. The fourth-order valence-electron chi connectivity index (χ4n) is 5.57. The molecule has 3 heterocycles. The number of esters is 3. The van der Waals surface area contributed by atoms with Crippen LogP contribution < -0.4 is 14.2 Å². The van der Waals surface area contributed by atoms with E-state index in [-0.39, 0.29) is 76.2 Å². The minimum Gasteiger partial charge on any atom is -0.497 e. The number of carbonyl (C=O) groups is 4. The lowest BCUT2D eigenvalue weighted by Gasteiger charge is -2.51. The van der Waals surface area contributed by atoms with Gasteiger partial charge in [0.25, 0.3) is 5.91 Å². The Hall–Kier alpha value is -3.98. The van der Waals surface area contributed by atoms with E-state index in [4.69, 9.17) is 37.9 Å². The van der Waals surface area contributed by atoms with Crippen LogP contribution in [0.1, 0.15) is 40.7 Å².